The van der Waals surface area contributed by atoms with E-state index in [-0.39, 0.29) is 14.4 Å². The summed E-state index contributed by atoms with van der Waals surface area (Å²) >= 11 is 0. The quantitative estimate of drug-likeness (QED) is 0.177. The van der Waals surface area contributed by atoms with E-state index in [9.17, 15) is 9.50 Å². The number of benzene rings is 6. The largest absolute Gasteiger partial charge is 0.507 e. The summed E-state index contributed by atoms with van der Waals surface area (Å²) in [4.78, 5) is 2.08. The zero-order valence-corrected chi connectivity index (χ0v) is 24.1. The van der Waals surface area contributed by atoms with Crippen LogP contribution in [0.15, 0.2) is 152 Å². The van der Waals surface area contributed by atoms with Gasteiger partial charge in [0.25, 0.3) is 0 Å². The van der Waals surface area contributed by atoms with Gasteiger partial charge in [0.05, 0.1) is 5.69 Å². The van der Waals surface area contributed by atoms with Crippen LogP contribution in [0.5, 0.6) is 5.75 Å². The number of hydrogen-bond donors (Lipinski definition) is 1. The van der Waals surface area contributed by atoms with Crippen molar-refractivity contribution in [3.63, 3.8) is 0 Å². The van der Waals surface area contributed by atoms with Gasteiger partial charge in [0.1, 0.15) is 11.6 Å². The predicted octanol–water partition coefficient (Wildman–Crippen LogP) is 8.81. The molecule has 0 saturated carbocycles. The smallest absolute Gasteiger partial charge is 0.126 e. The highest BCUT2D eigenvalue weighted by Crippen LogP contribution is 2.37. The molecule has 0 saturated heterocycles. The molecule has 0 fully saturated rings. The Morgan fingerprint density at radius 1 is 0.524 bits per heavy atom. The van der Waals surface area contributed by atoms with Crippen LogP contribution in [0.25, 0.3) is 0 Å². The average Bonchev–Trinajstić information content (AvgIpc) is 3.03. The third-order valence-corrected chi connectivity index (χ3v) is 8.58. The molecule has 1 unspecified atom stereocenters. The van der Waals surface area contributed by atoms with Crippen LogP contribution in [-0.4, -0.2) is 5.11 Å². The van der Waals surface area contributed by atoms with Gasteiger partial charge in [-0.25, -0.2) is 4.39 Å². The van der Waals surface area contributed by atoms with Gasteiger partial charge in [-0.05, 0) is 77.2 Å². The summed E-state index contributed by atoms with van der Waals surface area (Å²) in [5, 5.41) is 13.4. The van der Waals surface area contributed by atoms with Gasteiger partial charge in [-0.2, -0.15) is 0 Å². The number of halogens is 1. The first-order chi connectivity index (χ1) is 20.6. The lowest BCUT2D eigenvalue weighted by Gasteiger charge is -2.28. The van der Waals surface area contributed by atoms with E-state index in [0.717, 1.165) is 50.8 Å². The van der Waals surface area contributed by atoms with Crippen molar-refractivity contribution in [2.45, 2.75) is 12.8 Å². The second kappa shape index (κ2) is 12.9. The topological polar surface area (TPSA) is 23.5 Å². The predicted molar refractivity (Wildman–Crippen MR) is 175 cm³/mol. The second-order valence-corrected chi connectivity index (χ2v) is 11.6. The fraction of sp³-hybridized carbons (Fsp3) is 0.0526. The van der Waals surface area contributed by atoms with Gasteiger partial charge >= 0.3 is 0 Å². The highest BCUT2D eigenvalue weighted by atomic mass is 31.1. The molecule has 1 atom stereocenters. The summed E-state index contributed by atoms with van der Waals surface area (Å²) in [5.41, 5.74) is 7.01. The maximum absolute atomic E-state index is 14.9. The zero-order chi connectivity index (χ0) is 28.7. The monoisotopic (exact) mass is 567 g/mol. The minimum atomic E-state index is -0.303. The van der Waals surface area contributed by atoms with Crippen LogP contribution < -0.4 is 15.5 Å². The fourth-order valence-corrected chi connectivity index (χ4v) is 6.57. The van der Waals surface area contributed by atoms with E-state index in [4.69, 9.17) is 0 Å². The molecule has 206 valence electrons. The van der Waals surface area contributed by atoms with E-state index in [2.05, 4.69) is 53.4 Å². The van der Waals surface area contributed by atoms with Crippen molar-refractivity contribution in [3.8, 4) is 5.75 Å². The van der Waals surface area contributed by atoms with Crippen molar-refractivity contribution >= 4 is 36.3 Å². The number of phenols is 1. The second-order valence-electron chi connectivity index (χ2n) is 10.3. The van der Waals surface area contributed by atoms with Gasteiger partial charge in [-0.15, -0.1) is 0 Å². The van der Waals surface area contributed by atoms with E-state index >= 15 is 0 Å². The van der Waals surface area contributed by atoms with Crippen molar-refractivity contribution in [3.05, 3.63) is 180 Å². The number of anilines is 3. The molecule has 6 aromatic carbocycles. The standard InChI is InChI=1S/C38H31FNOP/c39-32-21-22-36(35(27-32)40(33-17-9-3-10-18-33)34-19-11-4-12-20-34)42-37-26-30(23-28-13-5-1-6-14-28)25-31(38(37)41)24-29-15-7-2-8-16-29/h1-22,25-27,41-42H,23-24H2. The van der Waals surface area contributed by atoms with Crippen LogP contribution >= 0.6 is 8.58 Å². The zero-order valence-electron chi connectivity index (χ0n) is 23.1. The van der Waals surface area contributed by atoms with Crippen molar-refractivity contribution in [2.24, 2.45) is 0 Å². The molecule has 2 nitrogen and oxygen atoms in total. The van der Waals surface area contributed by atoms with Crippen molar-refractivity contribution in [1.82, 2.24) is 0 Å². The van der Waals surface area contributed by atoms with Gasteiger partial charge in [0, 0.05) is 28.4 Å². The normalized spacial score (nSPS) is 11.2. The van der Waals surface area contributed by atoms with Gasteiger partial charge in [-0.1, -0.05) is 112 Å². The van der Waals surface area contributed by atoms with Crippen LogP contribution in [0.3, 0.4) is 0 Å². The molecule has 6 rings (SSSR count). The van der Waals surface area contributed by atoms with Crippen molar-refractivity contribution in [2.75, 3.05) is 4.90 Å². The van der Waals surface area contributed by atoms with E-state index in [1.54, 1.807) is 6.07 Å². The maximum atomic E-state index is 14.9. The van der Waals surface area contributed by atoms with Crippen LogP contribution in [0.4, 0.5) is 21.5 Å². The SMILES string of the molecule is Oc1c(Cc2ccccc2)cc(Cc2ccccc2)cc1Pc1ccc(F)cc1N(c1ccccc1)c1ccccc1. The molecular weight excluding hydrogens is 536 g/mol. The molecule has 0 radical (unpaired) electrons. The van der Waals surface area contributed by atoms with E-state index < -0.39 is 0 Å². The Kier molecular flexibility index (Phi) is 8.40. The number of hydrogen-bond acceptors (Lipinski definition) is 2. The summed E-state index contributed by atoms with van der Waals surface area (Å²) in [6.45, 7) is 0. The number of aromatic hydroxyl groups is 1. The van der Waals surface area contributed by atoms with Crippen LogP contribution in [0.1, 0.15) is 22.3 Å². The molecule has 6 aromatic rings. The minimum Gasteiger partial charge on any atom is -0.507 e. The van der Waals surface area contributed by atoms with Gasteiger partial charge < -0.3 is 10.0 Å². The molecule has 0 heterocycles. The Morgan fingerprint density at radius 2 is 1.05 bits per heavy atom. The molecular formula is C38H31FNOP. The van der Waals surface area contributed by atoms with Crippen LogP contribution in [0, 0.1) is 5.82 Å². The Balaban J connectivity index is 1.45. The first-order valence-corrected chi connectivity index (χ1v) is 15.0. The Morgan fingerprint density at radius 3 is 1.62 bits per heavy atom. The fourth-order valence-electron chi connectivity index (χ4n) is 5.26. The van der Waals surface area contributed by atoms with Crippen LogP contribution in [-0.2, 0) is 12.8 Å². The Bertz CT molecular complexity index is 1720. The van der Waals surface area contributed by atoms with Crippen LogP contribution in [0.2, 0.25) is 0 Å². The van der Waals surface area contributed by atoms with E-state index in [1.165, 1.54) is 11.6 Å². The maximum Gasteiger partial charge on any atom is 0.126 e. The first kappa shape index (κ1) is 27.4. The highest BCUT2D eigenvalue weighted by Gasteiger charge is 2.19. The molecule has 0 amide bonds. The summed E-state index contributed by atoms with van der Waals surface area (Å²) in [5.74, 6) is -0.00234. The molecule has 0 aliphatic rings. The number of nitrogens with zero attached hydrogens (tertiary/aromatic N) is 1. The summed E-state index contributed by atoms with van der Waals surface area (Å²) < 4.78 is 14.9. The van der Waals surface area contributed by atoms with Gasteiger partial charge in [0.2, 0.25) is 0 Å². The molecule has 0 spiro atoms. The summed E-state index contributed by atoms with van der Waals surface area (Å²) in [6.07, 6.45) is 1.39. The summed E-state index contributed by atoms with van der Waals surface area (Å²) in [6, 6.07) is 49.8. The molecule has 4 heteroatoms. The third-order valence-electron chi connectivity index (χ3n) is 7.24. The lowest BCUT2D eigenvalue weighted by Crippen LogP contribution is -2.19. The summed E-state index contributed by atoms with van der Waals surface area (Å²) in [7, 11) is 0.109. The van der Waals surface area contributed by atoms with Crippen molar-refractivity contribution in [1.29, 1.82) is 0 Å². The average molecular weight is 568 g/mol. The lowest BCUT2D eigenvalue weighted by atomic mass is 9.98. The van der Waals surface area contributed by atoms with E-state index in [1.807, 2.05) is 91.0 Å². The number of rotatable bonds is 9. The number of para-hydroxylation sites is 2. The lowest BCUT2D eigenvalue weighted by molar-refractivity contribution is 0.474. The molecule has 1 N–H and O–H groups in total. The molecule has 0 aromatic heterocycles. The molecule has 42 heavy (non-hydrogen) atoms. The van der Waals surface area contributed by atoms with Gasteiger partial charge in [0.15, 0.2) is 0 Å². The first-order valence-electron chi connectivity index (χ1n) is 14.0. The van der Waals surface area contributed by atoms with Gasteiger partial charge in [-0.3, -0.25) is 0 Å². The highest BCUT2D eigenvalue weighted by molar-refractivity contribution is 7.56. The van der Waals surface area contributed by atoms with E-state index in [0.29, 0.717) is 12.2 Å². The number of phenolic OH excluding ortho intramolecular Hbond substituents is 1. The molecule has 0 aliphatic carbocycles. The van der Waals surface area contributed by atoms with Crippen molar-refractivity contribution < 1.29 is 9.50 Å². The third kappa shape index (κ3) is 6.43. The minimum absolute atomic E-state index is 0.109. The Labute approximate surface area is 248 Å². The molecule has 0 bridgehead atoms. The Hall–Kier alpha value is -4.72. The molecule has 0 aliphatic heterocycles.